The minimum Gasteiger partial charge on any atom is -0.497 e. The second-order valence-corrected chi connectivity index (χ2v) is 10.5. The van der Waals surface area contributed by atoms with Gasteiger partial charge in [-0.15, -0.1) is 11.3 Å². The highest BCUT2D eigenvalue weighted by atomic mass is 32.1. The van der Waals surface area contributed by atoms with E-state index in [9.17, 15) is 9.59 Å². The Balaban J connectivity index is 1.27. The molecule has 2 aliphatic rings. The normalized spacial score (nSPS) is 18.7. The first kappa shape index (κ1) is 25.3. The molecule has 2 aromatic carbocycles. The van der Waals surface area contributed by atoms with Crippen molar-refractivity contribution >= 4 is 23.2 Å². The number of hydrogen-bond donors (Lipinski definition) is 0. The third kappa shape index (κ3) is 5.08. The first-order chi connectivity index (χ1) is 18.0. The number of carbonyl (C=O) groups excluding carboxylic acids is 2. The first-order valence-corrected chi connectivity index (χ1v) is 13.6. The van der Waals surface area contributed by atoms with E-state index in [2.05, 4.69) is 40.6 Å². The number of rotatable bonds is 6. The fraction of sp³-hybridized carbons (Fsp3) is 0.379. The Morgan fingerprint density at radius 1 is 0.892 bits per heavy atom. The summed E-state index contributed by atoms with van der Waals surface area (Å²) in [4.78, 5) is 34.3. The SMILES string of the molecule is COc1cc(OC)cc(C(=O)N2CCN(C(=O)[C@@H](C)N3CCc4sccc4[C@@H]3c3ccccc3)CC2)c1. The maximum atomic E-state index is 13.7. The second-order valence-electron chi connectivity index (χ2n) is 9.49. The molecule has 0 spiro atoms. The van der Waals surface area contributed by atoms with E-state index in [1.54, 1.807) is 48.7 Å². The molecule has 1 aromatic heterocycles. The maximum Gasteiger partial charge on any atom is 0.254 e. The van der Waals surface area contributed by atoms with Crippen molar-refractivity contribution in [2.75, 3.05) is 46.9 Å². The average molecular weight is 520 g/mol. The number of carbonyl (C=O) groups is 2. The number of benzene rings is 2. The van der Waals surface area contributed by atoms with Crippen LogP contribution in [0.15, 0.2) is 60.0 Å². The maximum absolute atomic E-state index is 13.7. The zero-order chi connectivity index (χ0) is 25.9. The van der Waals surface area contributed by atoms with E-state index in [1.807, 2.05) is 17.9 Å². The Bertz CT molecular complexity index is 1230. The molecule has 2 amide bonds. The van der Waals surface area contributed by atoms with Crippen LogP contribution in [-0.4, -0.2) is 79.5 Å². The van der Waals surface area contributed by atoms with E-state index in [0.29, 0.717) is 43.2 Å². The molecule has 0 radical (unpaired) electrons. The van der Waals surface area contributed by atoms with Crippen LogP contribution in [-0.2, 0) is 11.2 Å². The molecule has 0 unspecified atom stereocenters. The Morgan fingerprint density at radius 3 is 2.19 bits per heavy atom. The van der Waals surface area contributed by atoms with Gasteiger partial charge < -0.3 is 19.3 Å². The van der Waals surface area contributed by atoms with E-state index in [0.717, 1.165) is 13.0 Å². The molecule has 3 aromatic rings. The van der Waals surface area contributed by atoms with Gasteiger partial charge in [-0.25, -0.2) is 0 Å². The summed E-state index contributed by atoms with van der Waals surface area (Å²) in [5.74, 6) is 1.19. The highest BCUT2D eigenvalue weighted by Crippen LogP contribution is 2.39. The molecule has 1 fully saturated rings. The number of ether oxygens (including phenoxy) is 2. The fourth-order valence-electron chi connectivity index (χ4n) is 5.41. The number of nitrogens with zero attached hydrogens (tertiary/aromatic N) is 3. The quantitative estimate of drug-likeness (QED) is 0.491. The van der Waals surface area contributed by atoms with Crippen LogP contribution in [0.4, 0.5) is 0 Å². The van der Waals surface area contributed by atoms with Gasteiger partial charge in [-0.2, -0.15) is 0 Å². The molecule has 0 saturated carbocycles. The molecule has 3 heterocycles. The molecule has 5 rings (SSSR count). The van der Waals surface area contributed by atoms with Crippen LogP contribution in [0.2, 0.25) is 0 Å². The van der Waals surface area contributed by atoms with Gasteiger partial charge in [0.25, 0.3) is 5.91 Å². The smallest absolute Gasteiger partial charge is 0.254 e. The van der Waals surface area contributed by atoms with Crippen molar-refractivity contribution in [3.8, 4) is 11.5 Å². The van der Waals surface area contributed by atoms with Crippen LogP contribution in [0.3, 0.4) is 0 Å². The summed E-state index contributed by atoms with van der Waals surface area (Å²) in [7, 11) is 3.14. The van der Waals surface area contributed by atoms with Gasteiger partial charge in [0.2, 0.25) is 5.91 Å². The van der Waals surface area contributed by atoms with Crippen LogP contribution < -0.4 is 9.47 Å². The zero-order valence-electron chi connectivity index (χ0n) is 21.6. The van der Waals surface area contributed by atoms with Gasteiger partial charge in [-0.3, -0.25) is 14.5 Å². The third-order valence-electron chi connectivity index (χ3n) is 7.45. The minimum absolute atomic E-state index is 0.0704. The Labute approximate surface area is 222 Å². The molecular formula is C29H33N3O4S. The van der Waals surface area contributed by atoms with Gasteiger partial charge in [0.05, 0.1) is 26.3 Å². The van der Waals surface area contributed by atoms with Crippen LogP contribution in [0.25, 0.3) is 0 Å². The summed E-state index contributed by atoms with van der Waals surface area (Å²) in [6.45, 7) is 4.89. The summed E-state index contributed by atoms with van der Waals surface area (Å²) in [5.41, 5.74) is 3.05. The second kappa shape index (κ2) is 10.9. The minimum atomic E-state index is -0.261. The van der Waals surface area contributed by atoms with Crippen molar-refractivity contribution in [3.63, 3.8) is 0 Å². The highest BCUT2D eigenvalue weighted by Gasteiger charge is 2.37. The van der Waals surface area contributed by atoms with E-state index in [-0.39, 0.29) is 23.9 Å². The largest absolute Gasteiger partial charge is 0.497 e. The monoisotopic (exact) mass is 519 g/mol. The van der Waals surface area contributed by atoms with Crippen molar-refractivity contribution in [1.82, 2.24) is 14.7 Å². The van der Waals surface area contributed by atoms with Crippen molar-refractivity contribution < 1.29 is 19.1 Å². The average Bonchev–Trinajstić information content (AvgIpc) is 3.44. The summed E-state index contributed by atoms with van der Waals surface area (Å²) in [6.07, 6.45) is 0.959. The van der Waals surface area contributed by atoms with E-state index in [1.165, 1.54) is 16.0 Å². The predicted octanol–water partition coefficient (Wildman–Crippen LogP) is 4.09. The van der Waals surface area contributed by atoms with Crippen LogP contribution in [0.5, 0.6) is 11.5 Å². The number of piperazine rings is 1. The van der Waals surface area contributed by atoms with Crippen LogP contribution in [0, 0.1) is 0 Å². The van der Waals surface area contributed by atoms with Crippen molar-refractivity contribution in [2.45, 2.75) is 25.4 Å². The van der Waals surface area contributed by atoms with Gasteiger partial charge in [0.1, 0.15) is 11.5 Å². The number of amides is 2. The standard InChI is InChI=1S/C29H33N3O4S/c1-20(32-11-9-26-25(10-16-37-26)27(32)21-7-5-4-6-8-21)28(33)30-12-14-31(15-13-30)29(34)22-17-23(35-2)19-24(18-22)36-3/h4-8,10,16-20,27H,9,11-15H2,1-3H3/t20-,27+/m1/s1. The van der Waals surface area contributed by atoms with Gasteiger partial charge in [0, 0.05) is 49.2 Å². The summed E-state index contributed by atoms with van der Waals surface area (Å²) < 4.78 is 10.6. The molecule has 2 atom stereocenters. The first-order valence-electron chi connectivity index (χ1n) is 12.7. The van der Waals surface area contributed by atoms with Crippen molar-refractivity contribution in [2.24, 2.45) is 0 Å². The number of thiophene rings is 1. The summed E-state index contributed by atoms with van der Waals surface area (Å²) in [5, 5.41) is 2.16. The van der Waals surface area contributed by atoms with E-state index in [4.69, 9.17) is 9.47 Å². The van der Waals surface area contributed by atoms with Gasteiger partial charge in [-0.05, 0) is 48.1 Å². The number of hydrogen-bond acceptors (Lipinski definition) is 6. The summed E-state index contributed by atoms with van der Waals surface area (Å²) >= 11 is 1.80. The molecule has 8 heteroatoms. The molecule has 7 nitrogen and oxygen atoms in total. The Morgan fingerprint density at radius 2 is 1.54 bits per heavy atom. The summed E-state index contributed by atoms with van der Waals surface area (Å²) in [6, 6.07) is 17.7. The van der Waals surface area contributed by atoms with E-state index < -0.39 is 0 Å². The van der Waals surface area contributed by atoms with E-state index >= 15 is 0 Å². The highest BCUT2D eigenvalue weighted by molar-refractivity contribution is 7.10. The van der Waals surface area contributed by atoms with Crippen LogP contribution in [0.1, 0.15) is 39.3 Å². The molecule has 194 valence electrons. The van der Waals surface area contributed by atoms with Gasteiger partial charge in [-0.1, -0.05) is 30.3 Å². The van der Waals surface area contributed by atoms with Crippen molar-refractivity contribution in [3.05, 3.63) is 81.5 Å². The predicted molar refractivity (Wildman–Crippen MR) is 145 cm³/mol. The fourth-order valence-corrected chi connectivity index (χ4v) is 6.31. The van der Waals surface area contributed by atoms with Gasteiger partial charge in [0.15, 0.2) is 0 Å². The molecular weight excluding hydrogens is 486 g/mol. The third-order valence-corrected chi connectivity index (χ3v) is 8.45. The lowest BCUT2D eigenvalue weighted by Gasteiger charge is -2.42. The lowest BCUT2D eigenvalue weighted by Crippen LogP contribution is -2.56. The lowest BCUT2D eigenvalue weighted by atomic mass is 9.92. The number of fused-ring (bicyclic) bond motifs is 1. The Kier molecular flexibility index (Phi) is 7.48. The molecule has 37 heavy (non-hydrogen) atoms. The molecule has 1 saturated heterocycles. The topological polar surface area (TPSA) is 62.3 Å². The molecule has 0 bridgehead atoms. The lowest BCUT2D eigenvalue weighted by molar-refractivity contribution is -0.138. The Hall–Kier alpha value is -3.36. The molecule has 0 aliphatic carbocycles. The zero-order valence-corrected chi connectivity index (χ0v) is 22.4. The van der Waals surface area contributed by atoms with Crippen molar-refractivity contribution in [1.29, 1.82) is 0 Å². The number of methoxy groups -OCH3 is 2. The van der Waals surface area contributed by atoms with Crippen LogP contribution >= 0.6 is 11.3 Å². The molecule has 0 N–H and O–H groups in total. The molecule has 2 aliphatic heterocycles. The van der Waals surface area contributed by atoms with Gasteiger partial charge >= 0.3 is 0 Å².